The van der Waals surface area contributed by atoms with Crippen molar-refractivity contribution >= 4 is 50.1 Å². The fourth-order valence-electron chi connectivity index (χ4n) is 4.30. The maximum absolute atomic E-state index is 13.4. The summed E-state index contributed by atoms with van der Waals surface area (Å²) in [6.07, 6.45) is 0. The summed E-state index contributed by atoms with van der Waals surface area (Å²) < 4.78 is 34.3. The largest absolute Gasteiger partial charge is 0.398 e. The molecular weight excluding hydrogens is 478 g/mol. The Bertz CT molecular complexity index is 1660. The number of benzene rings is 4. The van der Waals surface area contributed by atoms with E-state index in [1.807, 2.05) is 6.07 Å². The Morgan fingerprint density at radius 1 is 0.722 bits per heavy atom. The third-order valence-corrected chi connectivity index (χ3v) is 6.93. The summed E-state index contributed by atoms with van der Waals surface area (Å²) in [7, 11) is -4.60. The molecule has 0 aromatic heterocycles. The first-order chi connectivity index (χ1) is 17.1. The highest BCUT2D eigenvalue weighted by molar-refractivity contribution is 7.86. The van der Waals surface area contributed by atoms with Gasteiger partial charge in [-0.2, -0.15) is 8.42 Å². The summed E-state index contributed by atoms with van der Waals surface area (Å²) in [5.41, 5.74) is 9.18. The van der Waals surface area contributed by atoms with Gasteiger partial charge in [0.05, 0.1) is 22.5 Å². The Hall–Kier alpha value is -4.47. The third kappa shape index (κ3) is 4.00. The molecule has 36 heavy (non-hydrogen) atoms. The van der Waals surface area contributed by atoms with Crippen LogP contribution in [0.2, 0.25) is 0 Å². The molecule has 0 fully saturated rings. The van der Waals surface area contributed by atoms with Gasteiger partial charge in [0.1, 0.15) is 4.90 Å². The van der Waals surface area contributed by atoms with E-state index in [2.05, 4.69) is 10.6 Å². The fraction of sp³-hybridized carbons (Fsp3) is 0.0370. The van der Waals surface area contributed by atoms with Crippen LogP contribution in [0.5, 0.6) is 0 Å². The number of ketones is 2. The Kier molecular flexibility index (Phi) is 5.58. The number of nitrogens with two attached hydrogens (primary N) is 1. The second-order valence-electron chi connectivity index (χ2n) is 8.41. The van der Waals surface area contributed by atoms with Gasteiger partial charge in [-0.25, -0.2) is 0 Å². The van der Waals surface area contributed by atoms with Gasteiger partial charge in [0.15, 0.2) is 11.6 Å². The molecule has 4 aromatic carbocycles. The van der Waals surface area contributed by atoms with Crippen LogP contribution >= 0.6 is 0 Å². The molecule has 0 saturated heterocycles. The number of anilines is 5. The molecule has 1 aliphatic carbocycles. The average Bonchev–Trinajstić information content (AvgIpc) is 2.85. The highest BCUT2D eigenvalue weighted by atomic mass is 32.2. The zero-order valence-electron chi connectivity index (χ0n) is 19.1. The van der Waals surface area contributed by atoms with E-state index < -0.39 is 10.1 Å². The minimum Gasteiger partial charge on any atom is -0.398 e. The van der Waals surface area contributed by atoms with Gasteiger partial charge >= 0.3 is 0 Å². The van der Waals surface area contributed by atoms with Gasteiger partial charge in [-0.15, -0.1) is 0 Å². The number of fused-ring (bicyclic) bond motifs is 2. The average molecular weight is 500 g/mol. The van der Waals surface area contributed by atoms with Crippen molar-refractivity contribution in [3.8, 4) is 0 Å². The van der Waals surface area contributed by atoms with Crippen LogP contribution < -0.4 is 16.4 Å². The van der Waals surface area contributed by atoms with Crippen LogP contribution in [0, 0.1) is 6.92 Å². The molecule has 0 amide bonds. The van der Waals surface area contributed by atoms with Crippen LogP contribution in [-0.4, -0.2) is 24.5 Å². The smallest absolute Gasteiger partial charge is 0.296 e. The third-order valence-electron chi connectivity index (χ3n) is 6.04. The molecule has 0 bridgehead atoms. The molecule has 0 atom stereocenters. The van der Waals surface area contributed by atoms with E-state index >= 15 is 0 Å². The Morgan fingerprint density at radius 2 is 1.31 bits per heavy atom. The number of nitrogen functional groups attached to an aromatic ring is 1. The Morgan fingerprint density at radius 3 is 1.94 bits per heavy atom. The molecule has 180 valence electrons. The monoisotopic (exact) mass is 499 g/mol. The van der Waals surface area contributed by atoms with Crippen molar-refractivity contribution < 1.29 is 22.6 Å². The Labute approximate surface area is 207 Å². The number of hydrogen-bond acceptors (Lipinski definition) is 7. The fourth-order valence-corrected chi connectivity index (χ4v) is 4.97. The number of hydrogen-bond donors (Lipinski definition) is 4. The van der Waals surface area contributed by atoms with Crippen LogP contribution in [-0.2, 0) is 10.1 Å². The first-order valence-electron chi connectivity index (χ1n) is 11.0. The first-order valence-corrected chi connectivity index (χ1v) is 12.4. The molecule has 8 nitrogen and oxygen atoms in total. The topological polar surface area (TPSA) is 139 Å². The summed E-state index contributed by atoms with van der Waals surface area (Å²) >= 11 is 0. The number of para-hydroxylation sites is 1. The maximum Gasteiger partial charge on any atom is 0.296 e. The van der Waals surface area contributed by atoms with Crippen molar-refractivity contribution in [3.63, 3.8) is 0 Å². The molecule has 4 aromatic rings. The van der Waals surface area contributed by atoms with Gasteiger partial charge in [-0.05, 0) is 48.9 Å². The van der Waals surface area contributed by atoms with E-state index in [0.29, 0.717) is 16.9 Å². The van der Waals surface area contributed by atoms with Gasteiger partial charge in [-0.1, -0.05) is 42.5 Å². The normalized spacial score (nSPS) is 12.6. The van der Waals surface area contributed by atoms with E-state index in [1.165, 1.54) is 12.1 Å². The molecule has 9 heteroatoms. The molecule has 0 saturated carbocycles. The van der Waals surface area contributed by atoms with Crippen molar-refractivity contribution in [1.29, 1.82) is 0 Å². The minimum atomic E-state index is -4.60. The number of carbonyl (C=O) groups excluding carboxylic acids is 2. The molecule has 0 unspecified atom stereocenters. The summed E-state index contributed by atoms with van der Waals surface area (Å²) in [5.74, 6) is -0.725. The summed E-state index contributed by atoms with van der Waals surface area (Å²) in [4.78, 5) is 26.3. The molecule has 0 spiro atoms. The van der Waals surface area contributed by atoms with Gasteiger partial charge < -0.3 is 16.4 Å². The van der Waals surface area contributed by atoms with E-state index in [-0.39, 0.29) is 55.8 Å². The number of nitrogens with one attached hydrogen (secondary N) is 2. The van der Waals surface area contributed by atoms with Crippen molar-refractivity contribution in [1.82, 2.24) is 0 Å². The summed E-state index contributed by atoms with van der Waals surface area (Å²) in [6, 6.07) is 21.4. The zero-order chi connectivity index (χ0) is 25.6. The second-order valence-corrected chi connectivity index (χ2v) is 9.80. The summed E-state index contributed by atoms with van der Waals surface area (Å²) in [5, 5.41) is 6.03. The second kappa shape index (κ2) is 8.63. The highest BCUT2D eigenvalue weighted by Crippen LogP contribution is 2.39. The molecule has 1 aliphatic rings. The number of aryl methyl sites for hydroxylation is 1. The molecule has 0 radical (unpaired) electrons. The first kappa shape index (κ1) is 23.3. The lowest BCUT2D eigenvalue weighted by atomic mass is 9.81. The predicted molar refractivity (Wildman–Crippen MR) is 138 cm³/mol. The molecular formula is C27H21N3O5S. The Balaban J connectivity index is 1.61. The quantitative estimate of drug-likeness (QED) is 0.194. The molecule has 0 aliphatic heterocycles. The van der Waals surface area contributed by atoms with E-state index in [9.17, 15) is 22.6 Å². The lowest BCUT2D eigenvalue weighted by molar-refractivity contribution is 0.0980. The standard InChI is InChI=1S/C27H21N3O5S/c1-15-13-21(23-24(25(15)28)27(32)19-10-6-5-9-18(19)26(23)31)30-17-11-12-20(22(14-17)36(33,34)35)29-16-7-3-2-4-8-16/h2-14,29-30H,28H2,1H3,(H,33,34,35). The van der Waals surface area contributed by atoms with Crippen LogP contribution in [0.4, 0.5) is 28.4 Å². The van der Waals surface area contributed by atoms with Crippen LogP contribution in [0.3, 0.4) is 0 Å². The van der Waals surface area contributed by atoms with Gasteiger partial charge in [-0.3, -0.25) is 14.1 Å². The van der Waals surface area contributed by atoms with Gasteiger partial charge in [0.25, 0.3) is 10.1 Å². The SMILES string of the molecule is Cc1cc(Nc2ccc(Nc3ccccc3)c(S(=O)(=O)O)c2)c2c(c1N)C(=O)c1ccccc1C2=O. The summed E-state index contributed by atoms with van der Waals surface area (Å²) in [6.45, 7) is 1.72. The van der Waals surface area contributed by atoms with Gasteiger partial charge in [0, 0.05) is 28.2 Å². The van der Waals surface area contributed by atoms with Crippen molar-refractivity contribution in [3.05, 3.63) is 107 Å². The number of rotatable bonds is 5. The molecule has 0 heterocycles. The lowest BCUT2D eigenvalue weighted by Gasteiger charge is -2.24. The van der Waals surface area contributed by atoms with E-state index in [0.717, 1.165) is 0 Å². The van der Waals surface area contributed by atoms with Crippen LogP contribution in [0.1, 0.15) is 37.4 Å². The minimum absolute atomic E-state index is 0.110. The van der Waals surface area contributed by atoms with Crippen molar-refractivity contribution in [2.75, 3.05) is 16.4 Å². The lowest BCUT2D eigenvalue weighted by Crippen LogP contribution is -2.24. The van der Waals surface area contributed by atoms with Crippen LogP contribution in [0.25, 0.3) is 0 Å². The zero-order valence-corrected chi connectivity index (χ0v) is 19.9. The van der Waals surface area contributed by atoms with Crippen molar-refractivity contribution in [2.24, 2.45) is 0 Å². The predicted octanol–water partition coefficient (Wildman–Crippen LogP) is 5.09. The maximum atomic E-state index is 13.4. The van der Waals surface area contributed by atoms with E-state index in [1.54, 1.807) is 67.6 Å². The molecule has 5 N–H and O–H groups in total. The highest BCUT2D eigenvalue weighted by Gasteiger charge is 2.34. The molecule has 5 rings (SSSR count). The number of carbonyl (C=O) groups is 2. The van der Waals surface area contributed by atoms with Crippen LogP contribution in [0.15, 0.2) is 83.8 Å². The van der Waals surface area contributed by atoms with Crippen molar-refractivity contribution in [2.45, 2.75) is 11.8 Å². The van der Waals surface area contributed by atoms with E-state index in [4.69, 9.17) is 5.73 Å². The van der Waals surface area contributed by atoms with Gasteiger partial charge in [0.2, 0.25) is 0 Å².